The van der Waals surface area contributed by atoms with Gasteiger partial charge in [0.1, 0.15) is 0 Å². The zero-order valence-electron chi connectivity index (χ0n) is 14.3. The van der Waals surface area contributed by atoms with Crippen LogP contribution in [-0.4, -0.2) is 47.3 Å². The van der Waals surface area contributed by atoms with Gasteiger partial charge in [-0.05, 0) is 54.9 Å². The van der Waals surface area contributed by atoms with Crippen LogP contribution in [0, 0.1) is 0 Å². The number of hydrogen-bond donors (Lipinski definition) is 1. The van der Waals surface area contributed by atoms with Crippen LogP contribution >= 0.6 is 0 Å². The van der Waals surface area contributed by atoms with E-state index in [1.54, 1.807) is 0 Å². The fourth-order valence-electron chi connectivity index (χ4n) is 2.84. The van der Waals surface area contributed by atoms with Gasteiger partial charge >= 0.3 is 0 Å². The molecule has 19 heavy (non-hydrogen) atoms. The van der Waals surface area contributed by atoms with Crippen LogP contribution in [0.25, 0.3) is 0 Å². The molecule has 0 aliphatic carbocycles. The summed E-state index contributed by atoms with van der Waals surface area (Å²) in [5, 5.41) is 3.68. The second-order valence-corrected chi connectivity index (χ2v) is 7.99. The first-order valence-electron chi connectivity index (χ1n) is 7.66. The first-order valence-corrected chi connectivity index (χ1v) is 7.66. The average Bonchev–Trinajstić information content (AvgIpc) is 2.21. The van der Waals surface area contributed by atoms with Crippen molar-refractivity contribution in [2.24, 2.45) is 0 Å². The normalized spacial score (nSPS) is 25.3. The Hall–Kier alpha value is -0.120. The smallest absolute Gasteiger partial charge is 0.0760 e. The number of morpholine rings is 1. The molecule has 3 heteroatoms. The van der Waals surface area contributed by atoms with Gasteiger partial charge in [0.25, 0.3) is 0 Å². The Morgan fingerprint density at radius 2 is 1.63 bits per heavy atom. The summed E-state index contributed by atoms with van der Waals surface area (Å²) >= 11 is 0. The third-order valence-electron chi connectivity index (χ3n) is 4.10. The van der Waals surface area contributed by atoms with Gasteiger partial charge in [0.05, 0.1) is 11.2 Å². The monoisotopic (exact) mass is 270 g/mol. The summed E-state index contributed by atoms with van der Waals surface area (Å²) in [7, 11) is 0. The number of nitrogens with one attached hydrogen (secondary N) is 1. The highest BCUT2D eigenvalue weighted by Gasteiger charge is 2.39. The predicted octanol–water partition coefficient (Wildman–Crippen LogP) is 3.04. The number of hydrogen-bond acceptors (Lipinski definition) is 3. The van der Waals surface area contributed by atoms with Crippen LogP contribution < -0.4 is 5.32 Å². The second-order valence-electron chi connectivity index (χ2n) is 7.99. The Labute approximate surface area is 120 Å². The lowest BCUT2D eigenvalue weighted by Gasteiger charge is -2.49. The van der Waals surface area contributed by atoms with Crippen molar-refractivity contribution in [3.8, 4) is 0 Å². The highest BCUT2D eigenvalue weighted by Crippen LogP contribution is 2.29. The number of ether oxygens (including phenoxy) is 1. The molecule has 1 saturated heterocycles. The van der Waals surface area contributed by atoms with Gasteiger partial charge in [-0.2, -0.15) is 0 Å². The molecule has 1 heterocycles. The fraction of sp³-hybridized carbons (Fsp3) is 1.00. The Bertz CT molecular complexity index is 281. The topological polar surface area (TPSA) is 24.5 Å². The van der Waals surface area contributed by atoms with Crippen LogP contribution in [0.15, 0.2) is 0 Å². The SMILES string of the molecule is CCC(C)(C)NCC(C)N1CC(C)(C)OC(C)(C)C1. The minimum Gasteiger partial charge on any atom is -0.367 e. The lowest BCUT2D eigenvalue weighted by Crippen LogP contribution is -2.61. The third kappa shape index (κ3) is 5.41. The van der Waals surface area contributed by atoms with E-state index < -0.39 is 0 Å². The van der Waals surface area contributed by atoms with Crippen LogP contribution in [0.1, 0.15) is 61.8 Å². The summed E-state index contributed by atoms with van der Waals surface area (Å²) < 4.78 is 6.15. The lowest BCUT2D eigenvalue weighted by atomic mass is 9.97. The van der Waals surface area contributed by atoms with Crippen molar-refractivity contribution in [1.29, 1.82) is 0 Å². The summed E-state index contributed by atoms with van der Waals surface area (Å²) in [6.45, 7) is 20.9. The molecule has 0 saturated carbocycles. The Balaban J connectivity index is 2.59. The molecular formula is C16H34N2O. The average molecular weight is 270 g/mol. The van der Waals surface area contributed by atoms with E-state index in [9.17, 15) is 0 Å². The summed E-state index contributed by atoms with van der Waals surface area (Å²) in [6, 6.07) is 0.535. The third-order valence-corrected chi connectivity index (χ3v) is 4.10. The molecule has 0 aromatic rings. The van der Waals surface area contributed by atoms with Crippen molar-refractivity contribution in [3.63, 3.8) is 0 Å². The quantitative estimate of drug-likeness (QED) is 0.831. The molecule has 1 aliphatic heterocycles. The molecule has 0 bridgehead atoms. The summed E-state index contributed by atoms with van der Waals surface area (Å²) in [5.41, 5.74) is 0.109. The molecule has 1 rings (SSSR count). The van der Waals surface area contributed by atoms with Crippen LogP contribution in [-0.2, 0) is 4.74 Å². The Kier molecular flexibility index (Phi) is 5.09. The van der Waals surface area contributed by atoms with Crippen LogP contribution in [0.5, 0.6) is 0 Å². The standard InChI is InChI=1S/C16H34N2O/c1-9-14(3,4)17-10-13(2)18-11-15(5,6)19-16(7,8)12-18/h13,17H,9-12H2,1-8H3. The molecule has 0 aromatic carbocycles. The Morgan fingerprint density at radius 3 is 2.05 bits per heavy atom. The minimum atomic E-state index is -0.0592. The molecule has 0 radical (unpaired) electrons. The highest BCUT2D eigenvalue weighted by molar-refractivity contribution is 4.92. The van der Waals surface area contributed by atoms with E-state index in [4.69, 9.17) is 4.74 Å². The molecule has 1 fully saturated rings. The molecule has 0 aromatic heterocycles. The van der Waals surface area contributed by atoms with Crippen molar-refractivity contribution in [1.82, 2.24) is 10.2 Å². The van der Waals surface area contributed by atoms with Gasteiger partial charge < -0.3 is 10.1 Å². The summed E-state index contributed by atoms with van der Waals surface area (Å²) in [5.74, 6) is 0. The maximum absolute atomic E-state index is 6.15. The fourth-order valence-corrected chi connectivity index (χ4v) is 2.84. The van der Waals surface area contributed by atoms with Crippen molar-refractivity contribution >= 4 is 0 Å². The molecule has 1 atom stereocenters. The van der Waals surface area contributed by atoms with Crippen LogP contribution in [0.3, 0.4) is 0 Å². The van der Waals surface area contributed by atoms with Gasteiger partial charge in [-0.1, -0.05) is 6.92 Å². The predicted molar refractivity (Wildman–Crippen MR) is 82.7 cm³/mol. The largest absolute Gasteiger partial charge is 0.367 e. The zero-order valence-corrected chi connectivity index (χ0v) is 14.3. The van der Waals surface area contributed by atoms with Crippen molar-refractivity contribution in [2.75, 3.05) is 19.6 Å². The van der Waals surface area contributed by atoms with E-state index in [1.807, 2.05) is 0 Å². The van der Waals surface area contributed by atoms with E-state index >= 15 is 0 Å². The van der Waals surface area contributed by atoms with Gasteiger partial charge in [0.2, 0.25) is 0 Å². The molecule has 3 nitrogen and oxygen atoms in total. The zero-order chi connectivity index (χ0) is 14.9. The maximum Gasteiger partial charge on any atom is 0.0760 e. The van der Waals surface area contributed by atoms with Crippen molar-refractivity contribution in [2.45, 2.75) is 84.6 Å². The molecule has 1 N–H and O–H groups in total. The van der Waals surface area contributed by atoms with Crippen LogP contribution in [0.2, 0.25) is 0 Å². The van der Waals surface area contributed by atoms with E-state index in [-0.39, 0.29) is 16.7 Å². The van der Waals surface area contributed by atoms with Gasteiger partial charge in [-0.3, -0.25) is 4.90 Å². The number of rotatable bonds is 5. The minimum absolute atomic E-state index is 0.0592. The molecule has 114 valence electrons. The lowest BCUT2D eigenvalue weighted by molar-refractivity contribution is -0.186. The molecule has 1 aliphatic rings. The first-order chi connectivity index (χ1) is 8.46. The second kappa shape index (κ2) is 5.71. The first kappa shape index (κ1) is 16.9. The van der Waals surface area contributed by atoms with Gasteiger partial charge in [-0.25, -0.2) is 0 Å². The molecule has 0 spiro atoms. The van der Waals surface area contributed by atoms with Crippen molar-refractivity contribution in [3.05, 3.63) is 0 Å². The van der Waals surface area contributed by atoms with E-state index in [1.165, 1.54) is 0 Å². The molecule has 1 unspecified atom stereocenters. The van der Waals surface area contributed by atoms with Gasteiger partial charge in [0, 0.05) is 31.2 Å². The summed E-state index contributed by atoms with van der Waals surface area (Å²) in [4.78, 5) is 2.56. The maximum atomic E-state index is 6.15. The number of nitrogens with zero attached hydrogens (tertiary/aromatic N) is 1. The van der Waals surface area contributed by atoms with E-state index in [0.717, 1.165) is 26.1 Å². The van der Waals surface area contributed by atoms with Crippen LogP contribution in [0.4, 0.5) is 0 Å². The van der Waals surface area contributed by atoms with Crippen molar-refractivity contribution < 1.29 is 4.74 Å². The molecular weight excluding hydrogens is 236 g/mol. The highest BCUT2D eigenvalue weighted by atomic mass is 16.5. The molecule has 0 amide bonds. The Morgan fingerprint density at radius 1 is 1.16 bits per heavy atom. The van der Waals surface area contributed by atoms with E-state index in [0.29, 0.717) is 6.04 Å². The summed E-state index contributed by atoms with van der Waals surface area (Å²) in [6.07, 6.45) is 1.15. The van der Waals surface area contributed by atoms with Gasteiger partial charge in [-0.15, -0.1) is 0 Å². The van der Waals surface area contributed by atoms with E-state index in [2.05, 4.69) is 65.6 Å². The van der Waals surface area contributed by atoms with Gasteiger partial charge in [0.15, 0.2) is 0 Å².